The average Bonchev–Trinajstić information content (AvgIpc) is 3.15. The molecule has 1 spiro atoms. The first kappa shape index (κ1) is 20.1. The van der Waals surface area contributed by atoms with Crippen molar-refractivity contribution in [1.29, 1.82) is 0 Å². The van der Waals surface area contributed by atoms with Crippen molar-refractivity contribution in [2.24, 2.45) is 10.1 Å². The molecule has 2 aliphatic rings. The third kappa shape index (κ3) is 3.49. The highest BCUT2D eigenvalue weighted by Crippen LogP contribution is 2.42. The van der Waals surface area contributed by atoms with Crippen molar-refractivity contribution >= 4 is 38.9 Å². The van der Waals surface area contributed by atoms with Crippen LogP contribution in [0, 0.1) is 0 Å². The van der Waals surface area contributed by atoms with Crippen molar-refractivity contribution in [1.82, 2.24) is 14.5 Å². The maximum Gasteiger partial charge on any atom is 0.238 e. The van der Waals surface area contributed by atoms with E-state index in [1.165, 1.54) is 18.6 Å². The van der Waals surface area contributed by atoms with Gasteiger partial charge in [0.25, 0.3) is 0 Å². The third-order valence-electron chi connectivity index (χ3n) is 6.16. The molecule has 0 amide bonds. The van der Waals surface area contributed by atoms with Gasteiger partial charge in [0.05, 0.1) is 10.4 Å². The lowest BCUT2D eigenvalue weighted by Gasteiger charge is -2.40. The van der Waals surface area contributed by atoms with Crippen LogP contribution in [0.4, 0.5) is 16.0 Å². The number of aromatic nitrogens is 3. The number of primary sulfonamides is 1. The minimum absolute atomic E-state index is 0.0332. The molecule has 0 bridgehead atoms. The van der Waals surface area contributed by atoms with Crippen LogP contribution in [-0.2, 0) is 15.6 Å². The van der Waals surface area contributed by atoms with E-state index in [0.717, 1.165) is 42.4 Å². The summed E-state index contributed by atoms with van der Waals surface area (Å²) in [6.07, 6.45) is 8.94. The number of fused-ring (bicyclic) bond motifs is 4. The summed E-state index contributed by atoms with van der Waals surface area (Å²) in [6.45, 7) is -0.558. The van der Waals surface area contributed by atoms with E-state index in [2.05, 4.69) is 19.9 Å². The number of nitrogens with two attached hydrogens (primary N) is 1. The monoisotopic (exact) mass is 442 g/mol. The van der Waals surface area contributed by atoms with E-state index >= 15 is 0 Å². The van der Waals surface area contributed by atoms with E-state index in [4.69, 9.17) is 10.1 Å². The van der Waals surface area contributed by atoms with Gasteiger partial charge >= 0.3 is 0 Å². The van der Waals surface area contributed by atoms with Crippen LogP contribution < -0.4 is 10.5 Å². The molecule has 8 nitrogen and oxygen atoms in total. The molecule has 2 aromatic heterocycles. The van der Waals surface area contributed by atoms with Crippen LogP contribution in [0.3, 0.4) is 0 Å². The number of alkyl halides is 1. The summed E-state index contributed by atoms with van der Waals surface area (Å²) in [5, 5.41) is 9.11. The molecule has 5 rings (SSSR count). The van der Waals surface area contributed by atoms with E-state index in [1.807, 2.05) is 12.3 Å². The Bertz CT molecular complexity index is 1260. The van der Waals surface area contributed by atoms with Gasteiger partial charge in [0.15, 0.2) is 0 Å². The number of sulfonamides is 1. The van der Waals surface area contributed by atoms with E-state index < -0.39 is 22.7 Å². The number of rotatable bonds is 4. The molecule has 1 fully saturated rings. The van der Waals surface area contributed by atoms with Crippen LogP contribution in [-0.4, -0.2) is 35.8 Å². The highest BCUT2D eigenvalue weighted by molar-refractivity contribution is 7.89. The van der Waals surface area contributed by atoms with Gasteiger partial charge in [0.2, 0.25) is 16.0 Å². The van der Waals surface area contributed by atoms with Gasteiger partial charge in [-0.05, 0) is 43.2 Å². The Morgan fingerprint density at radius 2 is 1.94 bits per heavy atom. The van der Waals surface area contributed by atoms with E-state index in [0.29, 0.717) is 11.6 Å². The summed E-state index contributed by atoms with van der Waals surface area (Å²) < 4.78 is 38.8. The second-order valence-electron chi connectivity index (χ2n) is 8.18. The molecule has 1 aliphatic heterocycles. The van der Waals surface area contributed by atoms with Gasteiger partial charge in [-0.2, -0.15) is 4.98 Å². The van der Waals surface area contributed by atoms with Gasteiger partial charge in [0, 0.05) is 29.2 Å². The Morgan fingerprint density at radius 1 is 1.19 bits per heavy atom. The molecule has 162 valence electrons. The summed E-state index contributed by atoms with van der Waals surface area (Å²) in [7, 11) is -3.75. The molecule has 10 heteroatoms. The summed E-state index contributed by atoms with van der Waals surface area (Å²) >= 11 is 0. The average molecular weight is 443 g/mol. The number of hydrogen-bond acceptors (Lipinski definition) is 6. The van der Waals surface area contributed by atoms with Gasteiger partial charge in [-0.1, -0.05) is 19.3 Å². The fourth-order valence-corrected chi connectivity index (χ4v) is 5.15. The van der Waals surface area contributed by atoms with Crippen molar-refractivity contribution in [3.63, 3.8) is 0 Å². The molecule has 1 atom stereocenters. The minimum Gasteiger partial charge on any atom is -0.324 e. The van der Waals surface area contributed by atoms with Gasteiger partial charge in [-0.3, -0.25) is 4.99 Å². The number of nitrogens with one attached hydrogen (secondary N) is 1. The molecule has 0 radical (unpaired) electrons. The Morgan fingerprint density at radius 3 is 2.61 bits per heavy atom. The Balaban J connectivity index is 1.55. The lowest BCUT2D eigenvalue weighted by Crippen LogP contribution is -2.41. The Labute approximate surface area is 179 Å². The largest absolute Gasteiger partial charge is 0.324 e. The maximum atomic E-state index is 13.7. The zero-order valence-electron chi connectivity index (χ0n) is 16.8. The Kier molecular flexibility index (Phi) is 4.78. The summed E-state index contributed by atoms with van der Waals surface area (Å²) in [5.41, 5.74) is 1.95. The van der Waals surface area contributed by atoms with Crippen LogP contribution in [0.2, 0.25) is 0 Å². The number of hydrogen-bond donors (Lipinski definition) is 2. The van der Waals surface area contributed by atoms with Crippen molar-refractivity contribution in [3.05, 3.63) is 42.2 Å². The first-order valence-corrected chi connectivity index (χ1v) is 11.8. The van der Waals surface area contributed by atoms with Gasteiger partial charge in [-0.25, -0.2) is 22.9 Å². The second-order valence-corrected chi connectivity index (χ2v) is 9.75. The van der Waals surface area contributed by atoms with E-state index in [-0.39, 0.29) is 10.4 Å². The molecule has 0 saturated heterocycles. The van der Waals surface area contributed by atoms with Gasteiger partial charge in [-0.15, -0.1) is 0 Å². The highest BCUT2D eigenvalue weighted by Gasteiger charge is 2.39. The predicted octanol–water partition coefficient (Wildman–Crippen LogP) is 3.58. The normalized spacial score (nSPS) is 20.1. The number of aliphatic imine (C=N–C) groups is 1. The van der Waals surface area contributed by atoms with Crippen LogP contribution in [0.5, 0.6) is 0 Å². The fourth-order valence-electron chi connectivity index (χ4n) is 4.64. The van der Waals surface area contributed by atoms with Crippen LogP contribution in [0.15, 0.2) is 46.4 Å². The molecule has 1 aliphatic carbocycles. The molecule has 1 unspecified atom stereocenters. The smallest absolute Gasteiger partial charge is 0.238 e. The molecule has 3 aromatic rings. The predicted molar refractivity (Wildman–Crippen MR) is 117 cm³/mol. The van der Waals surface area contributed by atoms with Gasteiger partial charge in [0.1, 0.15) is 18.4 Å². The zero-order chi connectivity index (χ0) is 21.6. The molecular weight excluding hydrogens is 419 g/mol. The highest BCUT2D eigenvalue weighted by atomic mass is 32.2. The second kappa shape index (κ2) is 7.38. The lowest BCUT2D eigenvalue weighted by atomic mass is 9.81. The van der Waals surface area contributed by atoms with Crippen molar-refractivity contribution in [2.75, 3.05) is 12.0 Å². The van der Waals surface area contributed by atoms with E-state index in [1.54, 1.807) is 18.3 Å². The molecule has 1 aromatic carbocycles. The van der Waals surface area contributed by atoms with Crippen molar-refractivity contribution in [2.45, 2.75) is 48.6 Å². The van der Waals surface area contributed by atoms with E-state index in [9.17, 15) is 12.8 Å². The van der Waals surface area contributed by atoms with Crippen LogP contribution in [0.25, 0.3) is 11.0 Å². The lowest BCUT2D eigenvalue weighted by molar-refractivity contribution is 0.269. The first-order chi connectivity index (χ1) is 14.9. The Hall–Kier alpha value is -2.85. The minimum atomic E-state index is -3.75. The first-order valence-electron chi connectivity index (χ1n) is 10.3. The number of anilines is 2. The molecule has 3 N–H and O–H groups in total. The quantitative estimate of drug-likeness (QED) is 0.641. The molecular formula is C21H23FN6O2S. The molecule has 3 heterocycles. The number of halogens is 1. The maximum absolute atomic E-state index is 13.7. The SMILES string of the molecule is NS(=O)(=O)c1ccc(Nc2ncc3cc4n(c3n2)C2(C=NC4CF)CCCCC2)cc1. The van der Waals surface area contributed by atoms with Gasteiger partial charge < -0.3 is 9.88 Å². The molecule has 1 saturated carbocycles. The molecule has 31 heavy (non-hydrogen) atoms. The third-order valence-corrected chi connectivity index (χ3v) is 7.08. The van der Waals surface area contributed by atoms with Crippen molar-refractivity contribution < 1.29 is 12.8 Å². The van der Waals surface area contributed by atoms with Crippen LogP contribution >= 0.6 is 0 Å². The number of benzene rings is 1. The standard InChI is InChI=1S/C21H23FN6O2S/c22-11-17-18-10-14-12-24-20(26-15-4-6-16(7-5-15)31(23,29)30)27-19(14)28(18)21(13-25-17)8-2-1-3-9-21/h4-7,10,12-13,17H,1-3,8-9,11H2,(H2,23,29,30)(H,24,26,27). The zero-order valence-corrected chi connectivity index (χ0v) is 17.6. The van der Waals surface area contributed by atoms with Crippen LogP contribution in [0.1, 0.15) is 43.8 Å². The summed E-state index contributed by atoms with van der Waals surface area (Å²) in [6, 6.07) is 7.48. The topological polar surface area (TPSA) is 115 Å². The fraction of sp³-hybridized carbons (Fsp3) is 0.381. The number of nitrogens with zero attached hydrogens (tertiary/aromatic N) is 4. The van der Waals surface area contributed by atoms with Crippen molar-refractivity contribution in [3.8, 4) is 0 Å². The summed E-state index contributed by atoms with van der Waals surface area (Å²) in [5.74, 6) is 0.377. The summed E-state index contributed by atoms with van der Waals surface area (Å²) in [4.78, 5) is 13.7.